The molecule has 1 aliphatic carbocycles. The Morgan fingerprint density at radius 3 is 3.04 bits per heavy atom. The molecule has 0 aliphatic heterocycles. The van der Waals surface area contributed by atoms with Crippen molar-refractivity contribution in [3.05, 3.63) is 34.4 Å². The van der Waals surface area contributed by atoms with E-state index in [1.807, 2.05) is 16.7 Å². The van der Waals surface area contributed by atoms with Gasteiger partial charge in [-0.05, 0) is 50.8 Å². The fraction of sp³-hybridized carbons (Fsp3) is 0.471. The second-order valence-electron chi connectivity index (χ2n) is 6.43. The number of rotatable bonds is 2. The lowest BCUT2D eigenvalue weighted by Gasteiger charge is -2.30. The van der Waals surface area contributed by atoms with Gasteiger partial charge < -0.3 is 10.3 Å². The summed E-state index contributed by atoms with van der Waals surface area (Å²) in [4.78, 5) is 17.6. The number of pyridine rings is 2. The summed E-state index contributed by atoms with van der Waals surface area (Å²) in [6.07, 6.45) is 5.87. The highest BCUT2D eigenvalue weighted by molar-refractivity contribution is 14.0. The van der Waals surface area contributed by atoms with Gasteiger partial charge in [-0.1, -0.05) is 11.6 Å². The highest BCUT2D eigenvalue weighted by Crippen LogP contribution is 2.34. The van der Waals surface area contributed by atoms with Crippen molar-refractivity contribution in [3.8, 4) is 0 Å². The molecule has 3 heterocycles. The van der Waals surface area contributed by atoms with Gasteiger partial charge in [-0.25, -0.2) is 4.98 Å². The van der Waals surface area contributed by atoms with Gasteiger partial charge in [0.1, 0.15) is 22.3 Å². The predicted molar refractivity (Wildman–Crippen MR) is 104 cm³/mol. The van der Waals surface area contributed by atoms with Gasteiger partial charge in [-0.2, -0.15) is 0 Å². The molecule has 0 amide bonds. The van der Waals surface area contributed by atoms with Crippen LogP contribution in [0.4, 0.5) is 0 Å². The molecule has 2 N–H and O–H groups in total. The number of halogens is 1. The molecular weight excluding hydrogens is 419 g/mol. The highest BCUT2D eigenvalue weighted by atomic mass is 127. The molecule has 0 radical (unpaired) electrons. The lowest BCUT2D eigenvalue weighted by atomic mass is 9.85. The first-order valence-electron chi connectivity index (χ1n) is 8.16. The quantitative estimate of drug-likeness (QED) is 0.619. The number of nitrogens with zero attached hydrogens (tertiary/aromatic N) is 3. The zero-order valence-electron chi connectivity index (χ0n) is 13.6. The molecule has 1 saturated carbocycles. The average molecular weight is 440 g/mol. The van der Waals surface area contributed by atoms with Crippen molar-refractivity contribution in [2.75, 3.05) is 6.54 Å². The Morgan fingerprint density at radius 1 is 1.42 bits per heavy atom. The SMILES string of the molecule is Cc1onc2c1c(=O)n(C1CCCC(CN)C1)c1ncccc21.I. The monoisotopic (exact) mass is 440 g/mol. The Morgan fingerprint density at radius 2 is 2.25 bits per heavy atom. The van der Waals surface area contributed by atoms with E-state index in [1.165, 1.54) is 0 Å². The van der Waals surface area contributed by atoms with Crippen LogP contribution in [0.2, 0.25) is 0 Å². The Kier molecular flexibility index (Phi) is 4.91. The number of fused-ring (bicyclic) bond motifs is 3. The van der Waals surface area contributed by atoms with E-state index in [4.69, 9.17) is 10.3 Å². The maximum absolute atomic E-state index is 13.1. The Bertz CT molecular complexity index is 933. The summed E-state index contributed by atoms with van der Waals surface area (Å²) in [6.45, 7) is 2.46. The van der Waals surface area contributed by atoms with E-state index in [9.17, 15) is 4.79 Å². The van der Waals surface area contributed by atoms with Gasteiger partial charge in [0.05, 0.1) is 0 Å². The van der Waals surface area contributed by atoms with Crippen LogP contribution in [0.5, 0.6) is 0 Å². The molecule has 0 bridgehead atoms. The molecule has 0 aromatic carbocycles. The van der Waals surface area contributed by atoms with Crippen LogP contribution in [0.1, 0.15) is 37.5 Å². The molecule has 24 heavy (non-hydrogen) atoms. The molecule has 2 atom stereocenters. The lowest BCUT2D eigenvalue weighted by molar-refractivity contribution is 0.272. The van der Waals surface area contributed by atoms with Crippen molar-refractivity contribution in [3.63, 3.8) is 0 Å². The summed E-state index contributed by atoms with van der Waals surface area (Å²) in [7, 11) is 0. The minimum atomic E-state index is -0.0485. The minimum Gasteiger partial charge on any atom is -0.360 e. The number of hydrogen-bond acceptors (Lipinski definition) is 5. The zero-order valence-corrected chi connectivity index (χ0v) is 15.9. The predicted octanol–water partition coefficient (Wildman–Crippen LogP) is 3.15. The van der Waals surface area contributed by atoms with Crippen LogP contribution in [0, 0.1) is 12.8 Å². The summed E-state index contributed by atoms with van der Waals surface area (Å²) in [5.41, 5.74) is 7.12. The maximum atomic E-state index is 13.1. The van der Waals surface area contributed by atoms with Crippen LogP contribution in [-0.4, -0.2) is 21.3 Å². The number of nitrogens with two attached hydrogens (primary N) is 1. The van der Waals surface area contributed by atoms with Crippen molar-refractivity contribution in [2.45, 2.75) is 38.6 Å². The first-order chi connectivity index (χ1) is 11.2. The molecule has 3 aromatic heterocycles. The van der Waals surface area contributed by atoms with E-state index in [0.29, 0.717) is 34.8 Å². The Balaban J connectivity index is 0.00000169. The van der Waals surface area contributed by atoms with Gasteiger partial charge in [-0.3, -0.25) is 9.36 Å². The smallest absolute Gasteiger partial charge is 0.265 e. The fourth-order valence-corrected chi connectivity index (χ4v) is 3.85. The van der Waals surface area contributed by atoms with Crippen LogP contribution in [-0.2, 0) is 0 Å². The summed E-state index contributed by atoms with van der Waals surface area (Å²) >= 11 is 0. The zero-order chi connectivity index (χ0) is 16.0. The van der Waals surface area contributed by atoms with Crippen LogP contribution < -0.4 is 11.3 Å². The molecular formula is C17H21IN4O2. The third kappa shape index (κ3) is 2.63. The van der Waals surface area contributed by atoms with Crippen molar-refractivity contribution >= 4 is 45.9 Å². The van der Waals surface area contributed by atoms with Crippen LogP contribution in [0.3, 0.4) is 0 Å². The second kappa shape index (κ2) is 6.79. The summed E-state index contributed by atoms with van der Waals surface area (Å²) in [5, 5.41) is 5.52. The molecule has 4 rings (SSSR count). The van der Waals surface area contributed by atoms with Crippen molar-refractivity contribution in [1.82, 2.24) is 14.7 Å². The van der Waals surface area contributed by atoms with Crippen LogP contribution in [0.15, 0.2) is 27.6 Å². The summed E-state index contributed by atoms with van der Waals surface area (Å²) < 4.78 is 7.13. The average Bonchev–Trinajstić information content (AvgIpc) is 2.98. The lowest BCUT2D eigenvalue weighted by Crippen LogP contribution is -2.31. The van der Waals surface area contributed by atoms with Gasteiger partial charge >= 0.3 is 0 Å². The molecule has 3 aromatic rings. The Hall–Kier alpha value is -1.48. The summed E-state index contributed by atoms with van der Waals surface area (Å²) in [6, 6.07) is 3.96. The normalized spacial score (nSPS) is 21.1. The van der Waals surface area contributed by atoms with Crippen molar-refractivity contribution < 1.29 is 4.52 Å². The highest BCUT2D eigenvalue weighted by Gasteiger charge is 2.27. The van der Waals surface area contributed by atoms with E-state index >= 15 is 0 Å². The standard InChI is InChI=1S/C17H20N4O2.HI/c1-10-14-15(20-23-10)13-6-3-7-19-16(13)21(17(14)22)12-5-2-4-11(8-12)9-18;/h3,6-7,11-12H,2,4-5,8-9,18H2,1H3;1H. The second-order valence-corrected chi connectivity index (χ2v) is 6.43. The summed E-state index contributed by atoms with van der Waals surface area (Å²) in [5.74, 6) is 1.04. The van der Waals surface area contributed by atoms with Crippen molar-refractivity contribution in [2.24, 2.45) is 11.7 Å². The molecule has 2 unspecified atom stereocenters. The van der Waals surface area contributed by atoms with E-state index < -0.39 is 0 Å². The molecule has 7 heteroatoms. The van der Waals surface area contributed by atoms with Gasteiger partial charge in [0.25, 0.3) is 5.56 Å². The van der Waals surface area contributed by atoms with E-state index in [2.05, 4.69) is 10.1 Å². The molecule has 1 fully saturated rings. The molecule has 0 spiro atoms. The minimum absolute atomic E-state index is 0. The molecule has 6 nitrogen and oxygen atoms in total. The Labute approximate surface area is 156 Å². The number of aryl methyl sites for hydroxylation is 1. The van der Waals surface area contributed by atoms with E-state index in [1.54, 1.807) is 13.1 Å². The van der Waals surface area contributed by atoms with Crippen LogP contribution in [0.25, 0.3) is 21.9 Å². The van der Waals surface area contributed by atoms with E-state index in [0.717, 1.165) is 31.1 Å². The molecule has 0 saturated heterocycles. The van der Waals surface area contributed by atoms with Gasteiger partial charge in [-0.15, -0.1) is 24.0 Å². The molecule has 128 valence electrons. The first-order valence-corrected chi connectivity index (χ1v) is 8.16. The van der Waals surface area contributed by atoms with E-state index in [-0.39, 0.29) is 35.6 Å². The van der Waals surface area contributed by atoms with Gasteiger partial charge in [0.2, 0.25) is 0 Å². The number of aromatic nitrogens is 3. The van der Waals surface area contributed by atoms with Gasteiger partial charge in [0, 0.05) is 17.6 Å². The first kappa shape index (κ1) is 17.3. The topological polar surface area (TPSA) is 86.9 Å². The maximum Gasteiger partial charge on any atom is 0.265 e. The van der Waals surface area contributed by atoms with Gasteiger partial charge in [0.15, 0.2) is 0 Å². The third-order valence-electron chi connectivity index (χ3n) is 5.02. The largest absolute Gasteiger partial charge is 0.360 e. The number of hydrogen-bond donors (Lipinski definition) is 1. The third-order valence-corrected chi connectivity index (χ3v) is 5.02. The van der Waals surface area contributed by atoms with Crippen LogP contribution >= 0.6 is 24.0 Å². The fourth-order valence-electron chi connectivity index (χ4n) is 3.85. The van der Waals surface area contributed by atoms with Crippen molar-refractivity contribution in [1.29, 1.82) is 0 Å². The molecule has 1 aliphatic rings.